The van der Waals surface area contributed by atoms with Crippen LogP contribution in [0.3, 0.4) is 0 Å². The van der Waals surface area contributed by atoms with E-state index in [0.717, 1.165) is 12.8 Å². The summed E-state index contributed by atoms with van der Waals surface area (Å²) in [5.41, 5.74) is 0. The number of hydrogen-bond acceptors (Lipinski definition) is 3. The van der Waals surface area contributed by atoms with Crippen LogP contribution in [0, 0.1) is 5.92 Å². The monoisotopic (exact) mass is 296 g/mol. The van der Waals surface area contributed by atoms with E-state index in [1.54, 1.807) is 0 Å². The van der Waals surface area contributed by atoms with Crippen molar-refractivity contribution in [3.63, 3.8) is 0 Å². The summed E-state index contributed by atoms with van der Waals surface area (Å²) in [5, 5.41) is 9.60. The molecule has 0 spiro atoms. The van der Waals surface area contributed by atoms with Crippen LogP contribution < -0.4 is 0 Å². The van der Waals surface area contributed by atoms with Gasteiger partial charge in [0.05, 0.1) is 6.10 Å². The van der Waals surface area contributed by atoms with E-state index in [2.05, 4.69) is 25.2 Å². The lowest BCUT2D eigenvalue weighted by atomic mass is 10.1. The number of aliphatic hydroxyl groups is 1. The van der Waals surface area contributed by atoms with E-state index in [0.29, 0.717) is 25.2 Å². The van der Waals surface area contributed by atoms with Gasteiger partial charge in [0.1, 0.15) is 6.61 Å². The first kappa shape index (κ1) is 19.9. The second kappa shape index (κ2) is 13.9. The van der Waals surface area contributed by atoms with Crippen LogP contribution in [0.5, 0.6) is 0 Å². The van der Waals surface area contributed by atoms with Crippen molar-refractivity contribution in [2.75, 3.05) is 6.61 Å². The number of rotatable bonds is 12. The summed E-state index contributed by atoms with van der Waals surface area (Å²) < 4.78 is 5.04. The Kier molecular flexibility index (Phi) is 13.2. The topological polar surface area (TPSA) is 46.5 Å². The summed E-state index contributed by atoms with van der Waals surface area (Å²) in [4.78, 5) is 11.5. The van der Waals surface area contributed by atoms with Crippen LogP contribution in [0.2, 0.25) is 0 Å². The number of unbranched alkanes of at least 4 members (excludes halogenated alkanes) is 2. The lowest BCUT2D eigenvalue weighted by molar-refractivity contribution is -0.146. The van der Waals surface area contributed by atoms with Gasteiger partial charge < -0.3 is 9.84 Å². The highest BCUT2D eigenvalue weighted by Crippen LogP contribution is 2.05. The van der Waals surface area contributed by atoms with E-state index >= 15 is 0 Å². The van der Waals surface area contributed by atoms with Gasteiger partial charge in [-0.1, -0.05) is 57.9 Å². The molecule has 0 aliphatic carbocycles. The molecule has 1 atom stereocenters. The maximum atomic E-state index is 11.5. The number of carbonyl (C=O) groups is 1. The Hall–Kier alpha value is -1.09. The molecule has 1 N–H and O–H groups in total. The van der Waals surface area contributed by atoms with Crippen LogP contribution in [-0.4, -0.2) is 23.8 Å². The Bertz CT molecular complexity index is 306. The second-order valence-corrected chi connectivity index (χ2v) is 5.83. The van der Waals surface area contributed by atoms with Crippen molar-refractivity contribution in [1.82, 2.24) is 0 Å². The third-order valence-corrected chi connectivity index (χ3v) is 3.03. The first-order valence-electron chi connectivity index (χ1n) is 8.19. The van der Waals surface area contributed by atoms with E-state index < -0.39 is 6.10 Å². The number of esters is 1. The zero-order valence-electron chi connectivity index (χ0n) is 13.9. The van der Waals surface area contributed by atoms with Crippen LogP contribution in [-0.2, 0) is 9.53 Å². The number of allylic oxidation sites excluding steroid dienone is 4. The Morgan fingerprint density at radius 1 is 1.14 bits per heavy atom. The Morgan fingerprint density at radius 3 is 2.43 bits per heavy atom. The van der Waals surface area contributed by atoms with Gasteiger partial charge in [-0.05, 0) is 31.6 Å². The Balaban J connectivity index is 3.54. The summed E-state index contributed by atoms with van der Waals surface area (Å²) >= 11 is 0. The van der Waals surface area contributed by atoms with Crippen molar-refractivity contribution in [3.05, 3.63) is 24.3 Å². The molecule has 0 aromatic carbocycles. The first-order valence-corrected chi connectivity index (χ1v) is 8.19. The van der Waals surface area contributed by atoms with Gasteiger partial charge in [0.2, 0.25) is 0 Å². The molecular weight excluding hydrogens is 264 g/mol. The molecule has 122 valence electrons. The van der Waals surface area contributed by atoms with Crippen molar-refractivity contribution in [3.8, 4) is 0 Å². The lowest BCUT2D eigenvalue weighted by Gasteiger charge is -2.12. The summed E-state index contributed by atoms with van der Waals surface area (Å²) in [6.45, 7) is 6.37. The number of carbonyl (C=O) groups excluding carboxylic acids is 1. The molecule has 0 aliphatic heterocycles. The molecule has 0 saturated heterocycles. The molecule has 0 aliphatic rings. The Labute approximate surface area is 130 Å². The number of ether oxygens (including phenoxy) is 1. The highest BCUT2D eigenvalue weighted by atomic mass is 16.5. The van der Waals surface area contributed by atoms with Gasteiger partial charge in [-0.25, -0.2) is 0 Å². The minimum Gasteiger partial charge on any atom is -0.463 e. The lowest BCUT2D eigenvalue weighted by Crippen LogP contribution is -2.20. The van der Waals surface area contributed by atoms with Gasteiger partial charge >= 0.3 is 5.97 Å². The third kappa shape index (κ3) is 15.1. The SMILES string of the molecule is CCCC/C=C\C/C=C\CCC(=O)OCC(O)CC(C)C. The van der Waals surface area contributed by atoms with Crippen molar-refractivity contribution in [2.45, 2.75) is 71.8 Å². The smallest absolute Gasteiger partial charge is 0.306 e. The molecule has 0 bridgehead atoms. The van der Waals surface area contributed by atoms with Crippen molar-refractivity contribution in [1.29, 1.82) is 0 Å². The highest BCUT2D eigenvalue weighted by molar-refractivity contribution is 5.69. The summed E-state index contributed by atoms with van der Waals surface area (Å²) in [6.07, 6.45) is 14.2. The average molecular weight is 296 g/mol. The Morgan fingerprint density at radius 2 is 1.81 bits per heavy atom. The molecule has 3 heteroatoms. The normalized spacial score (nSPS) is 13.4. The fourth-order valence-electron chi connectivity index (χ4n) is 1.90. The molecule has 0 amide bonds. The molecule has 0 aromatic heterocycles. The molecule has 0 rings (SSSR count). The summed E-state index contributed by atoms with van der Waals surface area (Å²) in [5.74, 6) is 0.174. The molecule has 21 heavy (non-hydrogen) atoms. The van der Waals surface area contributed by atoms with Crippen molar-refractivity contribution >= 4 is 5.97 Å². The largest absolute Gasteiger partial charge is 0.463 e. The minimum absolute atomic E-state index is 0.112. The summed E-state index contributed by atoms with van der Waals surface area (Å²) in [6, 6.07) is 0. The second-order valence-electron chi connectivity index (χ2n) is 5.83. The van der Waals surface area contributed by atoms with E-state index in [9.17, 15) is 9.90 Å². The number of hydrogen-bond donors (Lipinski definition) is 1. The highest BCUT2D eigenvalue weighted by Gasteiger charge is 2.09. The standard InChI is InChI=1S/C18H32O3/c1-4-5-6-7-8-9-10-11-12-13-18(20)21-15-17(19)14-16(2)3/h7-8,10-11,16-17,19H,4-6,9,12-15H2,1-3H3/b8-7-,11-10-. The van der Waals surface area contributed by atoms with Crippen LogP contribution in [0.25, 0.3) is 0 Å². The number of aliphatic hydroxyl groups excluding tert-OH is 1. The molecular formula is C18H32O3. The van der Waals surface area contributed by atoms with Crippen LogP contribution >= 0.6 is 0 Å². The summed E-state index contributed by atoms with van der Waals surface area (Å²) in [7, 11) is 0. The zero-order valence-corrected chi connectivity index (χ0v) is 13.9. The average Bonchev–Trinajstić information content (AvgIpc) is 2.42. The van der Waals surface area contributed by atoms with E-state index in [4.69, 9.17) is 4.74 Å². The van der Waals surface area contributed by atoms with Crippen LogP contribution in [0.15, 0.2) is 24.3 Å². The predicted octanol–water partition coefficient (Wildman–Crippen LogP) is 4.41. The predicted molar refractivity (Wildman–Crippen MR) is 88.1 cm³/mol. The quantitative estimate of drug-likeness (QED) is 0.330. The van der Waals surface area contributed by atoms with E-state index in [-0.39, 0.29) is 12.6 Å². The van der Waals surface area contributed by atoms with E-state index in [1.807, 2.05) is 19.9 Å². The minimum atomic E-state index is -0.544. The van der Waals surface area contributed by atoms with Gasteiger partial charge in [-0.15, -0.1) is 0 Å². The zero-order chi connectivity index (χ0) is 15.9. The maximum absolute atomic E-state index is 11.5. The molecule has 3 nitrogen and oxygen atoms in total. The maximum Gasteiger partial charge on any atom is 0.306 e. The fraction of sp³-hybridized carbons (Fsp3) is 0.722. The van der Waals surface area contributed by atoms with Crippen molar-refractivity contribution < 1.29 is 14.6 Å². The molecule has 1 unspecified atom stereocenters. The van der Waals surface area contributed by atoms with Crippen molar-refractivity contribution in [2.24, 2.45) is 5.92 Å². The molecule has 0 heterocycles. The molecule has 0 aromatic rings. The molecule has 0 saturated carbocycles. The van der Waals surface area contributed by atoms with Gasteiger partial charge in [0.15, 0.2) is 0 Å². The van der Waals surface area contributed by atoms with Crippen LogP contribution in [0.4, 0.5) is 0 Å². The molecule has 0 fully saturated rings. The van der Waals surface area contributed by atoms with E-state index in [1.165, 1.54) is 12.8 Å². The van der Waals surface area contributed by atoms with Gasteiger partial charge in [0, 0.05) is 6.42 Å². The molecule has 0 radical (unpaired) electrons. The fourth-order valence-corrected chi connectivity index (χ4v) is 1.90. The van der Waals surface area contributed by atoms with Gasteiger partial charge in [-0.2, -0.15) is 0 Å². The third-order valence-electron chi connectivity index (χ3n) is 3.03. The van der Waals surface area contributed by atoms with Gasteiger partial charge in [0.25, 0.3) is 0 Å². The first-order chi connectivity index (χ1) is 10.1. The van der Waals surface area contributed by atoms with Gasteiger partial charge in [-0.3, -0.25) is 4.79 Å². The van der Waals surface area contributed by atoms with Crippen LogP contribution in [0.1, 0.15) is 65.7 Å².